The van der Waals surface area contributed by atoms with Crippen molar-refractivity contribution in [1.82, 2.24) is 19.8 Å². The van der Waals surface area contributed by atoms with Crippen molar-refractivity contribution in [3.63, 3.8) is 0 Å². The number of anilines is 1. The molecule has 8 heteroatoms. The van der Waals surface area contributed by atoms with Crippen LogP contribution in [0, 0.1) is 0 Å². The number of carbonyl (C=O) groups excluding carboxylic acids is 1. The van der Waals surface area contributed by atoms with Crippen LogP contribution in [0.15, 0.2) is 84.0 Å². The summed E-state index contributed by atoms with van der Waals surface area (Å²) < 4.78 is 6.86. The molecule has 1 amide bonds. The molecule has 0 unspecified atom stereocenters. The van der Waals surface area contributed by atoms with Gasteiger partial charge in [-0.1, -0.05) is 66.4 Å². The predicted octanol–water partition coefficient (Wildman–Crippen LogP) is 4.68. The predicted molar refractivity (Wildman–Crippen MR) is 126 cm³/mol. The van der Waals surface area contributed by atoms with E-state index in [0.717, 1.165) is 27.8 Å². The van der Waals surface area contributed by atoms with Gasteiger partial charge in [-0.2, -0.15) is 9.61 Å². The summed E-state index contributed by atoms with van der Waals surface area (Å²) in [6.07, 6.45) is 0. The lowest BCUT2D eigenvalue weighted by molar-refractivity contribution is -0.113. The van der Waals surface area contributed by atoms with Crippen molar-refractivity contribution in [3.05, 3.63) is 78.9 Å². The standard InChI is InChI=1S/C24H19N5O2S/c1-31-18-13-11-17(12-14-18)25-21(30)15-32-24-27-26-23-20-10-6-5-9-19(20)22(28-29(23)24)16-7-3-2-4-8-16/h2-14H,15H2,1H3,(H,25,30). The van der Waals surface area contributed by atoms with Gasteiger partial charge in [-0.25, -0.2) is 0 Å². The van der Waals surface area contributed by atoms with Crippen molar-refractivity contribution < 1.29 is 9.53 Å². The molecule has 0 spiro atoms. The van der Waals surface area contributed by atoms with Gasteiger partial charge in [0.15, 0.2) is 5.65 Å². The van der Waals surface area contributed by atoms with Crippen molar-refractivity contribution in [2.24, 2.45) is 0 Å². The fourth-order valence-electron chi connectivity index (χ4n) is 3.46. The van der Waals surface area contributed by atoms with E-state index in [2.05, 4.69) is 15.5 Å². The Morgan fingerprint density at radius 1 is 0.938 bits per heavy atom. The van der Waals surface area contributed by atoms with E-state index in [-0.39, 0.29) is 11.7 Å². The molecule has 0 aliphatic rings. The largest absolute Gasteiger partial charge is 0.497 e. The molecule has 0 atom stereocenters. The first kappa shape index (κ1) is 20.0. The van der Waals surface area contributed by atoms with E-state index in [0.29, 0.717) is 16.5 Å². The minimum absolute atomic E-state index is 0.138. The van der Waals surface area contributed by atoms with Crippen LogP contribution >= 0.6 is 11.8 Å². The summed E-state index contributed by atoms with van der Waals surface area (Å²) in [5.74, 6) is 0.781. The molecule has 2 heterocycles. The second kappa shape index (κ2) is 8.68. The average molecular weight is 442 g/mol. The molecule has 158 valence electrons. The number of nitrogens with zero attached hydrogens (tertiary/aromatic N) is 4. The van der Waals surface area contributed by atoms with Crippen LogP contribution < -0.4 is 10.1 Å². The van der Waals surface area contributed by atoms with Crippen molar-refractivity contribution in [1.29, 1.82) is 0 Å². The number of hydrogen-bond donors (Lipinski definition) is 1. The molecule has 32 heavy (non-hydrogen) atoms. The third-order valence-corrected chi connectivity index (χ3v) is 5.91. The summed E-state index contributed by atoms with van der Waals surface area (Å²) in [5.41, 5.74) is 3.22. The third-order valence-electron chi connectivity index (χ3n) is 4.99. The van der Waals surface area contributed by atoms with E-state index in [1.54, 1.807) is 35.9 Å². The van der Waals surface area contributed by atoms with Gasteiger partial charge in [0.2, 0.25) is 11.1 Å². The highest BCUT2D eigenvalue weighted by Gasteiger charge is 2.16. The number of aromatic nitrogens is 4. The number of nitrogens with one attached hydrogen (secondary N) is 1. The monoisotopic (exact) mass is 441 g/mol. The van der Waals surface area contributed by atoms with Gasteiger partial charge in [-0.15, -0.1) is 10.2 Å². The second-order valence-electron chi connectivity index (χ2n) is 7.04. The van der Waals surface area contributed by atoms with Crippen LogP contribution in [-0.2, 0) is 4.79 Å². The topological polar surface area (TPSA) is 81.4 Å². The number of fused-ring (bicyclic) bond motifs is 3. The van der Waals surface area contributed by atoms with Crippen molar-refractivity contribution >= 4 is 39.8 Å². The zero-order valence-corrected chi connectivity index (χ0v) is 18.0. The van der Waals surface area contributed by atoms with Crippen molar-refractivity contribution in [2.75, 3.05) is 18.2 Å². The number of hydrogen-bond acceptors (Lipinski definition) is 6. The molecule has 0 saturated heterocycles. The Bertz CT molecular complexity index is 1400. The molecule has 1 N–H and O–H groups in total. The van der Waals surface area contributed by atoms with Crippen LogP contribution in [0.4, 0.5) is 5.69 Å². The summed E-state index contributed by atoms with van der Waals surface area (Å²) in [4.78, 5) is 12.5. The highest BCUT2D eigenvalue weighted by Crippen LogP contribution is 2.30. The SMILES string of the molecule is COc1ccc(NC(=O)CSc2nnc3c4ccccc4c(-c4ccccc4)nn23)cc1. The smallest absolute Gasteiger partial charge is 0.234 e. The number of amides is 1. The van der Waals surface area contributed by atoms with Gasteiger partial charge in [0, 0.05) is 22.0 Å². The molecule has 3 aromatic carbocycles. The zero-order chi connectivity index (χ0) is 21.9. The lowest BCUT2D eigenvalue weighted by atomic mass is 10.1. The summed E-state index contributed by atoms with van der Waals surface area (Å²) >= 11 is 1.29. The lowest BCUT2D eigenvalue weighted by Gasteiger charge is -2.08. The van der Waals surface area contributed by atoms with Crippen LogP contribution in [0.25, 0.3) is 27.7 Å². The first-order valence-corrected chi connectivity index (χ1v) is 11.0. The van der Waals surface area contributed by atoms with Crippen LogP contribution in [0.1, 0.15) is 0 Å². The van der Waals surface area contributed by atoms with Gasteiger partial charge in [0.25, 0.3) is 0 Å². The Morgan fingerprint density at radius 3 is 2.41 bits per heavy atom. The molecule has 5 rings (SSSR count). The normalized spacial score (nSPS) is 11.0. The molecule has 0 bridgehead atoms. The highest BCUT2D eigenvalue weighted by atomic mass is 32.2. The Labute approximate surface area is 188 Å². The van der Waals surface area contributed by atoms with Gasteiger partial charge in [0.05, 0.1) is 18.6 Å². The van der Waals surface area contributed by atoms with Crippen LogP contribution in [0.5, 0.6) is 5.75 Å². The van der Waals surface area contributed by atoms with Crippen molar-refractivity contribution in [3.8, 4) is 17.0 Å². The first-order chi connectivity index (χ1) is 15.7. The van der Waals surface area contributed by atoms with E-state index in [1.165, 1.54) is 11.8 Å². The molecule has 0 aliphatic heterocycles. The van der Waals surface area contributed by atoms with E-state index < -0.39 is 0 Å². The molecule has 0 saturated carbocycles. The fraction of sp³-hybridized carbons (Fsp3) is 0.0833. The maximum Gasteiger partial charge on any atom is 0.234 e. The maximum absolute atomic E-state index is 12.5. The molecule has 0 fully saturated rings. The van der Waals surface area contributed by atoms with E-state index in [9.17, 15) is 4.79 Å². The lowest BCUT2D eigenvalue weighted by Crippen LogP contribution is -2.14. The zero-order valence-electron chi connectivity index (χ0n) is 17.2. The van der Waals surface area contributed by atoms with Crippen LogP contribution in [0.3, 0.4) is 0 Å². The third kappa shape index (κ3) is 3.88. The van der Waals surface area contributed by atoms with Gasteiger partial charge in [-0.3, -0.25) is 4.79 Å². The van der Waals surface area contributed by atoms with Gasteiger partial charge in [0.1, 0.15) is 5.75 Å². The van der Waals surface area contributed by atoms with Crippen LogP contribution in [0.2, 0.25) is 0 Å². The summed E-state index contributed by atoms with van der Waals surface area (Å²) in [6.45, 7) is 0. The molecule has 5 aromatic rings. The molecule has 0 aliphatic carbocycles. The van der Waals surface area contributed by atoms with Gasteiger partial charge >= 0.3 is 0 Å². The summed E-state index contributed by atoms with van der Waals surface area (Å²) in [6, 6.07) is 25.2. The highest BCUT2D eigenvalue weighted by molar-refractivity contribution is 7.99. The first-order valence-electron chi connectivity index (χ1n) is 9.99. The maximum atomic E-state index is 12.5. The fourth-order valence-corrected chi connectivity index (χ4v) is 4.14. The Morgan fingerprint density at radius 2 is 1.66 bits per heavy atom. The minimum Gasteiger partial charge on any atom is -0.497 e. The molecule has 0 radical (unpaired) electrons. The number of methoxy groups -OCH3 is 1. The van der Waals surface area contributed by atoms with Gasteiger partial charge < -0.3 is 10.1 Å². The Hall–Kier alpha value is -3.91. The van der Waals surface area contributed by atoms with Crippen molar-refractivity contribution in [2.45, 2.75) is 5.16 Å². The Kier molecular flexibility index (Phi) is 5.43. The summed E-state index contributed by atoms with van der Waals surface area (Å²) in [5, 5.41) is 18.9. The summed E-state index contributed by atoms with van der Waals surface area (Å²) in [7, 11) is 1.60. The quantitative estimate of drug-likeness (QED) is 0.385. The number of thioether (sulfide) groups is 1. The number of benzene rings is 3. The number of rotatable bonds is 6. The van der Waals surface area contributed by atoms with Crippen LogP contribution in [-0.4, -0.2) is 38.6 Å². The Balaban J connectivity index is 1.43. The average Bonchev–Trinajstić information content (AvgIpc) is 3.26. The molecular formula is C24H19N5O2S. The number of ether oxygens (including phenoxy) is 1. The van der Waals surface area contributed by atoms with E-state index >= 15 is 0 Å². The molecule has 7 nitrogen and oxygen atoms in total. The second-order valence-corrected chi connectivity index (χ2v) is 7.99. The molecular weight excluding hydrogens is 422 g/mol. The minimum atomic E-state index is -0.138. The molecule has 2 aromatic heterocycles. The van der Waals surface area contributed by atoms with Gasteiger partial charge in [-0.05, 0) is 24.3 Å². The number of carbonyl (C=O) groups is 1. The van der Waals surface area contributed by atoms with E-state index in [1.807, 2.05) is 54.6 Å². The van der Waals surface area contributed by atoms with E-state index in [4.69, 9.17) is 9.84 Å².